The second kappa shape index (κ2) is 5.75. The van der Waals surface area contributed by atoms with E-state index in [0.717, 1.165) is 5.69 Å². The van der Waals surface area contributed by atoms with Gasteiger partial charge in [0.1, 0.15) is 0 Å². The van der Waals surface area contributed by atoms with Crippen LogP contribution in [0.2, 0.25) is 0 Å². The van der Waals surface area contributed by atoms with Crippen molar-refractivity contribution in [2.75, 3.05) is 11.1 Å². The number of carbonyl (C=O) groups is 1. The summed E-state index contributed by atoms with van der Waals surface area (Å²) in [6.45, 7) is 0. The molecule has 0 fully saturated rings. The second-order valence-electron chi connectivity index (χ2n) is 4.01. The molecule has 2 aromatic heterocycles. The summed E-state index contributed by atoms with van der Waals surface area (Å²) in [5.41, 5.74) is 1.95. The molecule has 100 valence electrons. The third-order valence-corrected chi connectivity index (χ3v) is 3.36. The molecule has 0 unspecified atom stereocenters. The number of pyridine rings is 1. The van der Waals surface area contributed by atoms with Crippen LogP contribution in [-0.2, 0) is 4.79 Å². The fourth-order valence-electron chi connectivity index (χ4n) is 1.66. The molecule has 20 heavy (non-hydrogen) atoms. The van der Waals surface area contributed by atoms with Crippen LogP contribution in [0.25, 0.3) is 11.2 Å². The Morgan fingerprint density at radius 2 is 2.05 bits per heavy atom. The first kappa shape index (κ1) is 12.7. The number of nitrogens with zero attached hydrogens (tertiary/aromatic N) is 2. The summed E-state index contributed by atoms with van der Waals surface area (Å²) in [5, 5.41) is 3.25. The molecule has 2 heterocycles. The summed E-state index contributed by atoms with van der Waals surface area (Å²) < 4.78 is 5.48. The van der Waals surface area contributed by atoms with Crippen molar-refractivity contribution < 1.29 is 9.21 Å². The first-order valence-corrected chi connectivity index (χ1v) is 6.99. The quantitative estimate of drug-likeness (QED) is 0.746. The van der Waals surface area contributed by atoms with Crippen LogP contribution in [0.1, 0.15) is 0 Å². The zero-order chi connectivity index (χ0) is 13.8. The van der Waals surface area contributed by atoms with E-state index in [9.17, 15) is 4.79 Å². The van der Waals surface area contributed by atoms with Gasteiger partial charge in [-0.1, -0.05) is 30.0 Å². The van der Waals surface area contributed by atoms with Crippen molar-refractivity contribution >= 4 is 34.6 Å². The highest BCUT2D eigenvalue weighted by molar-refractivity contribution is 7.99. The predicted molar refractivity (Wildman–Crippen MR) is 77.6 cm³/mol. The Labute approximate surface area is 119 Å². The van der Waals surface area contributed by atoms with Crippen LogP contribution in [0.5, 0.6) is 0 Å². The highest BCUT2D eigenvalue weighted by atomic mass is 32.2. The van der Waals surface area contributed by atoms with Gasteiger partial charge in [-0.15, -0.1) is 0 Å². The Hall–Kier alpha value is -2.34. The van der Waals surface area contributed by atoms with Crippen molar-refractivity contribution in [3.05, 3.63) is 48.7 Å². The summed E-state index contributed by atoms with van der Waals surface area (Å²) >= 11 is 1.24. The van der Waals surface area contributed by atoms with Crippen LogP contribution < -0.4 is 5.32 Å². The maximum atomic E-state index is 11.8. The Morgan fingerprint density at radius 1 is 1.20 bits per heavy atom. The van der Waals surface area contributed by atoms with Crippen LogP contribution in [0.4, 0.5) is 5.69 Å². The standard InChI is InChI=1S/C14H11N3O2S/c18-12(16-10-5-2-1-3-6-10)9-20-14-17-13-11(19-14)7-4-8-15-13/h1-8H,9H2,(H,16,18). The van der Waals surface area contributed by atoms with E-state index < -0.39 is 0 Å². The minimum Gasteiger partial charge on any atom is -0.430 e. The molecular weight excluding hydrogens is 274 g/mol. The van der Waals surface area contributed by atoms with E-state index in [4.69, 9.17) is 4.42 Å². The molecule has 3 rings (SSSR count). The van der Waals surface area contributed by atoms with E-state index >= 15 is 0 Å². The molecule has 0 spiro atoms. The molecule has 0 aliphatic heterocycles. The van der Waals surface area contributed by atoms with Gasteiger partial charge in [-0.05, 0) is 24.3 Å². The highest BCUT2D eigenvalue weighted by Gasteiger charge is 2.09. The smallest absolute Gasteiger partial charge is 0.258 e. The van der Waals surface area contributed by atoms with Gasteiger partial charge in [0, 0.05) is 11.9 Å². The van der Waals surface area contributed by atoms with Crippen molar-refractivity contribution in [1.29, 1.82) is 0 Å². The summed E-state index contributed by atoms with van der Waals surface area (Å²) in [4.78, 5) is 20.1. The number of fused-ring (bicyclic) bond motifs is 1. The molecule has 6 heteroatoms. The van der Waals surface area contributed by atoms with Crippen LogP contribution in [0.15, 0.2) is 58.3 Å². The van der Waals surface area contributed by atoms with E-state index in [1.54, 1.807) is 18.3 Å². The molecule has 0 bridgehead atoms. The third kappa shape index (κ3) is 2.97. The van der Waals surface area contributed by atoms with Gasteiger partial charge in [0.25, 0.3) is 5.22 Å². The average molecular weight is 285 g/mol. The number of para-hydroxylation sites is 1. The van der Waals surface area contributed by atoms with Gasteiger partial charge in [0.15, 0.2) is 11.2 Å². The number of carbonyl (C=O) groups excluding carboxylic acids is 1. The lowest BCUT2D eigenvalue weighted by atomic mass is 10.3. The maximum absolute atomic E-state index is 11.8. The number of thioether (sulfide) groups is 1. The number of benzene rings is 1. The van der Waals surface area contributed by atoms with Gasteiger partial charge in [0.2, 0.25) is 5.91 Å². The summed E-state index contributed by atoms with van der Waals surface area (Å²) in [6, 6.07) is 12.9. The van der Waals surface area contributed by atoms with Crippen molar-refractivity contribution in [2.45, 2.75) is 5.22 Å². The number of aromatic nitrogens is 2. The fourth-order valence-corrected chi connectivity index (χ4v) is 2.28. The molecular formula is C14H11N3O2S. The van der Waals surface area contributed by atoms with Crippen molar-refractivity contribution in [1.82, 2.24) is 9.97 Å². The lowest BCUT2D eigenvalue weighted by Gasteiger charge is -2.02. The van der Waals surface area contributed by atoms with Gasteiger partial charge in [-0.3, -0.25) is 4.79 Å². The minimum absolute atomic E-state index is 0.101. The Kier molecular flexibility index (Phi) is 3.64. The Balaban J connectivity index is 1.60. The van der Waals surface area contributed by atoms with Crippen LogP contribution in [-0.4, -0.2) is 21.6 Å². The Morgan fingerprint density at radius 3 is 2.85 bits per heavy atom. The summed E-state index contributed by atoms with van der Waals surface area (Å²) in [7, 11) is 0. The monoisotopic (exact) mass is 285 g/mol. The number of amides is 1. The molecule has 0 aliphatic rings. The normalized spacial score (nSPS) is 10.6. The summed E-state index contributed by atoms with van der Waals surface area (Å²) in [6.07, 6.45) is 1.65. The van der Waals surface area contributed by atoms with Gasteiger partial charge in [0.05, 0.1) is 5.75 Å². The third-order valence-electron chi connectivity index (χ3n) is 2.53. The maximum Gasteiger partial charge on any atom is 0.258 e. The minimum atomic E-state index is -0.101. The molecule has 0 saturated carbocycles. The number of oxazole rings is 1. The van der Waals surface area contributed by atoms with Crippen molar-refractivity contribution in [3.63, 3.8) is 0 Å². The van der Waals surface area contributed by atoms with Gasteiger partial charge in [-0.2, -0.15) is 4.98 Å². The molecule has 1 amide bonds. The SMILES string of the molecule is O=C(CSc1nc2ncccc2o1)Nc1ccccc1. The zero-order valence-electron chi connectivity index (χ0n) is 10.4. The molecule has 0 aliphatic carbocycles. The molecule has 0 saturated heterocycles. The van der Waals surface area contributed by atoms with E-state index in [1.165, 1.54) is 11.8 Å². The topological polar surface area (TPSA) is 68.0 Å². The number of anilines is 1. The molecule has 0 radical (unpaired) electrons. The molecule has 1 N–H and O–H groups in total. The average Bonchev–Trinajstić information content (AvgIpc) is 2.89. The lowest BCUT2D eigenvalue weighted by molar-refractivity contribution is -0.113. The van der Waals surface area contributed by atoms with Crippen LogP contribution in [0, 0.1) is 0 Å². The molecule has 0 atom stereocenters. The lowest BCUT2D eigenvalue weighted by Crippen LogP contribution is -2.13. The van der Waals surface area contributed by atoms with E-state index in [0.29, 0.717) is 16.5 Å². The molecule has 5 nitrogen and oxygen atoms in total. The predicted octanol–water partition coefficient (Wildman–Crippen LogP) is 2.95. The number of nitrogens with one attached hydrogen (secondary N) is 1. The number of hydrogen-bond donors (Lipinski definition) is 1. The first-order valence-electron chi connectivity index (χ1n) is 6.00. The van der Waals surface area contributed by atoms with E-state index in [-0.39, 0.29) is 11.7 Å². The zero-order valence-corrected chi connectivity index (χ0v) is 11.3. The van der Waals surface area contributed by atoms with E-state index in [2.05, 4.69) is 15.3 Å². The number of rotatable bonds is 4. The Bertz CT molecular complexity index is 694. The fraction of sp³-hybridized carbons (Fsp3) is 0.0714. The number of hydrogen-bond acceptors (Lipinski definition) is 5. The molecule has 3 aromatic rings. The van der Waals surface area contributed by atoms with E-state index in [1.807, 2.05) is 30.3 Å². The van der Waals surface area contributed by atoms with Crippen molar-refractivity contribution in [3.8, 4) is 0 Å². The second-order valence-corrected chi connectivity index (χ2v) is 4.93. The molecule has 1 aromatic carbocycles. The van der Waals surface area contributed by atoms with Gasteiger partial charge in [-0.25, -0.2) is 4.98 Å². The van der Waals surface area contributed by atoms with Crippen molar-refractivity contribution in [2.24, 2.45) is 0 Å². The largest absolute Gasteiger partial charge is 0.430 e. The first-order chi connectivity index (χ1) is 9.81. The van der Waals surface area contributed by atoms with Crippen LogP contribution >= 0.6 is 11.8 Å². The highest BCUT2D eigenvalue weighted by Crippen LogP contribution is 2.21. The van der Waals surface area contributed by atoms with Crippen LogP contribution in [0.3, 0.4) is 0 Å². The van der Waals surface area contributed by atoms with Gasteiger partial charge >= 0.3 is 0 Å². The summed E-state index contributed by atoms with van der Waals surface area (Å²) in [5.74, 6) is 0.137. The van der Waals surface area contributed by atoms with Gasteiger partial charge < -0.3 is 9.73 Å².